The molecule has 0 unspecified atom stereocenters. The highest BCUT2D eigenvalue weighted by Crippen LogP contribution is 2.37. The lowest BCUT2D eigenvalue weighted by Crippen LogP contribution is -2.30. The van der Waals surface area contributed by atoms with Gasteiger partial charge in [0, 0.05) is 12.8 Å². The molecule has 26 heavy (non-hydrogen) atoms. The minimum atomic E-state index is -0.586. The molecule has 1 aliphatic rings. The molecule has 2 aromatic rings. The number of aryl methyl sites for hydroxylation is 2. The van der Waals surface area contributed by atoms with Gasteiger partial charge in [-0.05, 0) is 24.1 Å². The largest absolute Gasteiger partial charge is 0.282 e. The van der Waals surface area contributed by atoms with Gasteiger partial charge in [-0.3, -0.25) is 9.80 Å². The van der Waals surface area contributed by atoms with E-state index >= 15 is 0 Å². The molecule has 0 fully saturated rings. The number of aromatic nitrogens is 2. The first-order valence-corrected chi connectivity index (χ1v) is 9.62. The first kappa shape index (κ1) is 18.5. The number of hydrogen-bond donors (Lipinski definition) is 0. The van der Waals surface area contributed by atoms with Gasteiger partial charge in [0.05, 0.1) is 30.1 Å². The molecule has 0 saturated heterocycles. The summed E-state index contributed by atoms with van der Waals surface area (Å²) < 4.78 is 14.8. The van der Waals surface area contributed by atoms with Crippen LogP contribution in [0.4, 0.5) is 10.1 Å². The Hall–Kier alpha value is -2.31. The Kier molecular flexibility index (Phi) is 5.64. The van der Waals surface area contributed by atoms with E-state index in [0.29, 0.717) is 26.3 Å². The van der Waals surface area contributed by atoms with Crippen molar-refractivity contribution < 1.29 is 4.39 Å². The number of alkyl halides is 1. The van der Waals surface area contributed by atoms with Crippen LogP contribution in [0.3, 0.4) is 0 Å². The lowest BCUT2D eigenvalue weighted by atomic mass is 10.1. The smallest absolute Gasteiger partial charge is 0.266 e. The maximum absolute atomic E-state index is 12.9. The number of nitrogens with zero attached hydrogens (tertiary/aromatic N) is 5. The van der Waals surface area contributed by atoms with Crippen LogP contribution in [-0.4, -0.2) is 27.4 Å². The molecule has 2 heterocycles. The van der Waals surface area contributed by atoms with Gasteiger partial charge in [-0.25, -0.2) is 9.07 Å². The van der Waals surface area contributed by atoms with Crippen LogP contribution in [0.1, 0.15) is 16.7 Å². The summed E-state index contributed by atoms with van der Waals surface area (Å²) in [5, 5.41) is 19.2. The minimum absolute atomic E-state index is 0.0560. The molecule has 0 bridgehead atoms. The third kappa shape index (κ3) is 3.76. The average molecular weight is 389 g/mol. The Morgan fingerprint density at radius 1 is 1.42 bits per heavy atom. The van der Waals surface area contributed by atoms with Gasteiger partial charge in [0.1, 0.15) is 11.6 Å². The van der Waals surface area contributed by atoms with Gasteiger partial charge in [-0.15, -0.1) is 0 Å². The highest BCUT2D eigenvalue weighted by molar-refractivity contribution is 8.38. The van der Waals surface area contributed by atoms with E-state index in [1.54, 1.807) is 7.05 Å². The molecule has 0 N–H and O–H groups in total. The summed E-state index contributed by atoms with van der Waals surface area (Å²) >= 11 is 2.68. The van der Waals surface area contributed by atoms with E-state index in [-0.39, 0.29) is 12.1 Å². The van der Waals surface area contributed by atoms with Gasteiger partial charge in [-0.1, -0.05) is 35.7 Å². The van der Waals surface area contributed by atoms with E-state index in [2.05, 4.69) is 16.3 Å². The van der Waals surface area contributed by atoms with Crippen LogP contribution < -0.4 is 10.6 Å². The Morgan fingerprint density at radius 3 is 2.96 bits per heavy atom. The van der Waals surface area contributed by atoms with E-state index in [1.165, 1.54) is 39.4 Å². The second kappa shape index (κ2) is 7.93. The minimum Gasteiger partial charge on any atom is -0.266 e. The molecule has 1 aliphatic heterocycles. The van der Waals surface area contributed by atoms with Crippen LogP contribution in [0.15, 0.2) is 39.2 Å². The molecule has 0 amide bonds. The van der Waals surface area contributed by atoms with Crippen molar-refractivity contribution >= 4 is 33.6 Å². The maximum atomic E-state index is 12.9. The molecule has 0 aliphatic carbocycles. The van der Waals surface area contributed by atoms with Gasteiger partial charge in [-0.2, -0.15) is 15.5 Å². The summed E-state index contributed by atoms with van der Waals surface area (Å²) in [6.45, 7) is 1.41. The van der Waals surface area contributed by atoms with Gasteiger partial charge in [0.25, 0.3) is 5.56 Å². The SMILES string of the molecule is Cc1ccc(CSC2=NN(CCF)c3cnn(C)c(=O)c3S2)c(C#N)c1. The Bertz CT molecular complexity index is 967. The van der Waals surface area contributed by atoms with Crippen LogP contribution in [0, 0.1) is 18.3 Å². The normalized spacial score (nSPS) is 13.2. The molecule has 0 radical (unpaired) electrons. The molecule has 0 atom stereocenters. The van der Waals surface area contributed by atoms with E-state index in [4.69, 9.17) is 0 Å². The van der Waals surface area contributed by atoms with Crippen LogP contribution in [0.2, 0.25) is 0 Å². The summed E-state index contributed by atoms with van der Waals surface area (Å²) in [7, 11) is 1.58. The summed E-state index contributed by atoms with van der Waals surface area (Å²) in [5.74, 6) is 0.541. The van der Waals surface area contributed by atoms with E-state index < -0.39 is 6.67 Å². The van der Waals surface area contributed by atoms with Crippen molar-refractivity contribution in [2.45, 2.75) is 17.6 Å². The number of anilines is 1. The van der Waals surface area contributed by atoms with E-state index in [9.17, 15) is 14.4 Å². The maximum Gasteiger partial charge on any atom is 0.282 e. The molecule has 3 rings (SSSR count). The van der Waals surface area contributed by atoms with Gasteiger partial charge < -0.3 is 0 Å². The third-order valence-electron chi connectivity index (χ3n) is 3.78. The Labute approximate surface area is 158 Å². The van der Waals surface area contributed by atoms with Crippen LogP contribution in [0.25, 0.3) is 0 Å². The zero-order valence-electron chi connectivity index (χ0n) is 14.3. The van der Waals surface area contributed by atoms with Crippen molar-refractivity contribution in [2.75, 3.05) is 18.2 Å². The van der Waals surface area contributed by atoms with E-state index in [1.807, 2.05) is 25.1 Å². The fraction of sp³-hybridized carbons (Fsp3) is 0.294. The lowest BCUT2D eigenvalue weighted by Gasteiger charge is -2.25. The number of hydrazone groups is 1. The molecule has 0 saturated carbocycles. The molecule has 134 valence electrons. The van der Waals surface area contributed by atoms with Crippen molar-refractivity contribution in [1.82, 2.24) is 9.78 Å². The van der Waals surface area contributed by atoms with E-state index in [0.717, 1.165) is 11.1 Å². The second-order valence-corrected chi connectivity index (χ2v) is 7.85. The summed E-state index contributed by atoms with van der Waals surface area (Å²) in [4.78, 5) is 12.9. The molecule has 9 heteroatoms. The average Bonchev–Trinajstić information content (AvgIpc) is 2.64. The van der Waals surface area contributed by atoms with Crippen LogP contribution in [-0.2, 0) is 12.8 Å². The Morgan fingerprint density at radius 2 is 2.23 bits per heavy atom. The first-order valence-electron chi connectivity index (χ1n) is 7.82. The highest BCUT2D eigenvalue weighted by Gasteiger charge is 2.24. The molecule has 6 nitrogen and oxygen atoms in total. The third-order valence-corrected chi connectivity index (χ3v) is 6.01. The topological polar surface area (TPSA) is 74.3 Å². The summed E-state index contributed by atoms with van der Waals surface area (Å²) in [5.41, 5.74) is 2.83. The predicted molar refractivity (Wildman–Crippen MR) is 103 cm³/mol. The zero-order valence-corrected chi connectivity index (χ0v) is 15.9. The molecule has 0 spiro atoms. The van der Waals surface area contributed by atoms with Crippen LogP contribution in [0.5, 0.6) is 0 Å². The molecular formula is C17H16FN5OS2. The van der Waals surface area contributed by atoms with Crippen molar-refractivity contribution in [3.05, 3.63) is 51.4 Å². The quantitative estimate of drug-likeness (QED) is 0.800. The monoisotopic (exact) mass is 389 g/mol. The van der Waals surface area contributed by atoms with Crippen molar-refractivity contribution in [1.29, 1.82) is 5.26 Å². The number of benzene rings is 1. The summed E-state index contributed by atoms with van der Waals surface area (Å²) in [6.07, 6.45) is 1.53. The standard InChI is InChI=1S/C17H16FN5OS2/c1-11-3-4-12(13(7-11)8-19)10-25-17-21-23(6-5-18)14-9-20-22(2)16(24)15(14)26-17/h3-4,7,9H,5-6,10H2,1-2H3. The molecule has 1 aromatic carbocycles. The number of hydrogen-bond acceptors (Lipinski definition) is 7. The molecule has 1 aromatic heterocycles. The summed E-state index contributed by atoms with van der Waals surface area (Å²) in [6, 6.07) is 7.93. The van der Waals surface area contributed by atoms with Crippen LogP contribution >= 0.6 is 23.5 Å². The highest BCUT2D eigenvalue weighted by atomic mass is 32.2. The fourth-order valence-corrected chi connectivity index (χ4v) is 4.56. The number of fused-ring (bicyclic) bond motifs is 1. The Balaban J connectivity index is 1.86. The number of thioether (sulfide) groups is 2. The lowest BCUT2D eigenvalue weighted by molar-refractivity contribution is 0.491. The van der Waals surface area contributed by atoms with Gasteiger partial charge in [0.2, 0.25) is 0 Å². The first-order chi connectivity index (χ1) is 12.5. The van der Waals surface area contributed by atoms with Gasteiger partial charge >= 0.3 is 0 Å². The van der Waals surface area contributed by atoms with Crippen molar-refractivity contribution in [3.63, 3.8) is 0 Å². The van der Waals surface area contributed by atoms with Crippen molar-refractivity contribution in [2.24, 2.45) is 12.1 Å². The predicted octanol–water partition coefficient (Wildman–Crippen LogP) is 3.05. The van der Waals surface area contributed by atoms with Gasteiger partial charge in [0.15, 0.2) is 4.38 Å². The number of halogens is 1. The molecular weight excluding hydrogens is 373 g/mol. The fourth-order valence-electron chi connectivity index (χ4n) is 2.42. The second-order valence-electron chi connectivity index (χ2n) is 5.63. The van der Waals surface area contributed by atoms with Crippen molar-refractivity contribution in [3.8, 4) is 6.07 Å². The zero-order chi connectivity index (χ0) is 18.7. The number of nitriles is 1. The number of rotatable bonds is 4.